The Hall–Kier alpha value is -0.860. The summed E-state index contributed by atoms with van der Waals surface area (Å²) in [4.78, 5) is 0. The molecule has 0 amide bonds. The van der Waals surface area contributed by atoms with Gasteiger partial charge in [-0.05, 0) is 37.4 Å². The molecule has 0 radical (unpaired) electrons. The molecule has 2 aliphatic heterocycles. The lowest BCUT2D eigenvalue weighted by Gasteiger charge is -2.38. The number of rotatable bonds is 1. The number of ether oxygens (including phenoxy) is 1. The number of hydrogen-bond donors (Lipinski definition) is 1. The van der Waals surface area contributed by atoms with Crippen LogP contribution in [0.3, 0.4) is 0 Å². The highest BCUT2D eigenvalue weighted by Gasteiger charge is 2.32. The molecule has 1 N–H and O–H groups in total. The van der Waals surface area contributed by atoms with Gasteiger partial charge in [0.05, 0.1) is 12.7 Å². The minimum atomic E-state index is 0.295. The molecular formula is C13H17NO. The van der Waals surface area contributed by atoms with E-state index < -0.39 is 0 Å². The van der Waals surface area contributed by atoms with Crippen molar-refractivity contribution in [3.8, 4) is 0 Å². The third-order valence-corrected chi connectivity index (χ3v) is 3.50. The molecule has 2 heterocycles. The van der Waals surface area contributed by atoms with Crippen LogP contribution in [-0.2, 0) is 11.2 Å². The molecule has 3 rings (SSSR count). The third kappa shape index (κ3) is 1.58. The first-order valence-corrected chi connectivity index (χ1v) is 5.79. The molecule has 0 aromatic heterocycles. The highest BCUT2D eigenvalue weighted by atomic mass is 16.5. The molecule has 1 aromatic rings. The van der Waals surface area contributed by atoms with E-state index in [1.54, 1.807) is 0 Å². The van der Waals surface area contributed by atoms with Gasteiger partial charge in [-0.15, -0.1) is 0 Å². The first kappa shape index (κ1) is 9.37. The molecule has 0 spiro atoms. The van der Waals surface area contributed by atoms with Gasteiger partial charge in [0.2, 0.25) is 0 Å². The van der Waals surface area contributed by atoms with Crippen molar-refractivity contribution in [1.29, 1.82) is 0 Å². The van der Waals surface area contributed by atoms with Gasteiger partial charge in [-0.2, -0.15) is 0 Å². The van der Waals surface area contributed by atoms with Crippen LogP contribution in [0.2, 0.25) is 0 Å². The molecule has 0 aliphatic carbocycles. The number of aryl methyl sites for hydroxylation is 1. The van der Waals surface area contributed by atoms with E-state index in [0.717, 1.165) is 19.6 Å². The summed E-state index contributed by atoms with van der Waals surface area (Å²) >= 11 is 0. The average Bonchev–Trinajstić information content (AvgIpc) is 2.15. The summed E-state index contributed by atoms with van der Waals surface area (Å²) in [6.45, 7) is 4.18. The van der Waals surface area contributed by atoms with Crippen molar-refractivity contribution in [2.45, 2.75) is 31.9 Å². The zero-order valence-electron chi connectivity index (χ0n) is 9.12. The monoisotopic (exact) mass is 203 g/mol. The second kappa shape index (κ2) is 3.62. The molecule has 1 saturated heterocycles. The Balaban J connectivity index is 1.95. The Morgan fingerprint density at radius 2 is 2.27 bits per heavy atom. The van der Waals surface area contributed by atoms with Crippen molar-refractivity contribution < 1.29 is 4.74 Å². The van der Waals surface area contributed by atoms with E-state index in [1.807, 2.05) is 0 Å². The van der Waals surface area contributed by atoms with Crippen LogP contribution in [-0.4, -0.2) is 19.2 Å². The maximum absolute atomic E-state index is 5.89. The maximum Gasteiger partial charge on any atom is 0.0981 e. The van der Waals surface area contributed by atoms with Crippen molar-refractivity contribution >= 4 is 0 Å². The average molecular weight is 203 g/mol. The van der Waals surface area contributed by atoms with Crippen molar-refractivity contribution in [3.63, 3.8) is 0 Å². The quantitative estimate of drug-likeness (QED) is 0.753. The van der Waals surface area contributed by atoms with Crippen LogP contribution < -0.4 is 5.32 Å². The Morgan fingerprint density at radius 1 is 1.40 bits per heavy atom. The molecule has 2 atom stereocenters. The van der Waals surface area contributed by atoms with Crippen LogP contribution in [0, 0.1) is 6.92 Å². The fourth-order valence-electron chi connectivity index (χ4n) is 2.52. The number of fused-ring (bicyclic) bond motifs is 1. The van der Waals surface area contributed by atoms with Gasteiger partial charge in [0.25, 0.3) is 0 Å². The minimum Gasteiger partial charge on any atom is -0.372 e. The Labute approximate surface area is 90.6 Å². The SMILES string of the molecule is Cc1ccc2c(c1)CCO[C@H]2[C@@H]1CCN1. The van der Waals surface area contributed by atoms with Gasteiger partial charge in [0, 0.05) is 6.04 Å². The van der Waals surface area contributed by atoms with Crippen LogP contribution in [0.4, 0.5) is 0 Å². The zero-order chi connectivity index (χ0) is 10.3. The molecule has 1 fully saturated rings. The van der Waals surface area contributed by atoms with E-state index in [0.29, 0.717) is 12.1 Å². The summed E-state index contributed by atoms with van der Waals surface area (Å²) in [5.74, 6) is 0. The topological polar surface area (TPSA) is 21.3 Å². The van der Waals surface area contributed by atoms with E-state index >= 15 is 0 Å². The Kier molecular flexibility index (Phi) is 2.26. The number of benzene rings is 1. The first-order valence-electron chi connectivity index (χ1n) is 5.79. The highest BCUT2D eigenvalue weighted by molar-refractivity contribution is 5.35. The predicted molar refractivity (Wildman–Crippen MR) is 60.0 cm³/mol. The van der Waals surface area contributed by atoms with Crippen LogP contribution in [0.5, 0.6) is 0 Å². The summed E-state index contributed by atoms with van der Waals surface area (Å²) in [5, 5.41) is 3.45. The van der Waals surface area contributed by atoms with Crippen molar-refractivity contribution in [1.82, 2.24) is 5.32 Å². The lowest BCUT2D eigenvalue weighted by molar-refractivity contribution is -0.00150. The molecule has 15 heavy (non-hydrogen) atoms. The van der Waals surface area contributed by atoms with E-state index in [9.17, 15) is 0 Å². The van der Waals surface area contributed by atoms with Gasteiger partial charge in [-0.1, -0.05) is 23.8 Å². The van der Waals surface area contributed by atoms with Crippen LogP contribution in [0.25, 0.3) is 0 Å². The van der Waals surface area contributed by atoms with Gasteiger partial charge < -0.3 is 10.1 Å². The van der Waals surface area contributed by atoms with Crippen molar-refractivity contribution in [3.05, 3.63) is 34.9 Å². The Bertz CT molecular complexity index is 371. The van der Waals surface area contributed by atoms with Gasteiger partial charge in [-0.3, -0.25) is 0 Å². The van der Waals surface area contributed by atoms with Gasteiger partial charge in [0.15, 0.2) is 0 Å². The molecule has 0 saturated carbocycles. The number of nitrogens with one attached hydrogen (secondary N) is 1. The lowest BCUT2D eigenvalue weighted by atomic mass is 9.88. The molecule has 1 aromatic carbocycles. The summed E-state index contributed by atoms with van der Waals surface area (Å²) in [6.07, 6.45) is 2.61. The Morgan fingerprint density at radius 3 is 3.00 bits per heavy atom. The summed E-state index contributed by atoms with van der Waals surface area (Å²) in [6, 6.07) is 7.30. The van der Waals surface area contributed by atoms with Crippen molar-refractivity contribution in [2.75, 3.05) is 13.2 Å². The lowest BCUT2D eigenvalue weighted by Crippen LogP contribution is -2.48. The normalized spacial score (nSPS) is 29.4. The molecule has 80 valence electrons. The van der Waals surface area contributed by atoms with Gasteiger partial charge in [0.1, 0.15) is 0 Å². The van der Waals surface area contributed by atoms with E-state index in [2.05, 4.69) is 30.4 Å². The minimum absolute atomic E-state index is 0.295. The predicted octanol–water partition coefficient (Wildman–Crippen LogP) is 1.97. The van der Waals surface area contributed by atoms with Crippen LogP contribution in [0.1, 0.15) is 29.2 Å². The smallest absolute Gasteiger partial charge is 0.0981 e. The summed E-state index contributed by atoms with van der Waals surface area (Å²) < 4.78 is 5.89. The van der Waals surface area contributed by atoms with E-state index in [-0.39, 0.29) is 0 Å². The summed E-state index contributed by atoms with van der Waals surface area (Å²) in [5.41, 5.74) is 4.25. The van der Waals surface area contributed by atoms with Gasteiger partial charge >= 0.3 is 0 Å². The second-order valence-corrected chi connectivity index (χ2v) is 4.59. The molecule has 0 bridgehead atoms. The zero-order valence-corrected chi connectivity index (χ0v) is 9.12. The maximum atomic E-state index is 5.89. The molecule has 2 heteroatoms. The second-order valence-electron chi connectivity index (χ2n) is 4.59. The standard InChI is InChI=1S/C13H17NO/c1-9-2-3-11-10(8-9)5-7-15-13(11)12-4-6-14-12/h2-3,8,12-14H,4-7H2,1H3/t12-,13+/m0/s1. The molecular weight excluding hydrogens is 186 g/mol. The first-order chi connectivity index (χ1) is 7.34. The van der Waals surface area contributed by atoms with Gasteiger partial charge in [-0.25, -0.2) is 0 Å². The third-order valence-electron chi connectivity index (χ3n) is 3.50. The molecule has 0 unspecified atom stereocenters. The molecule has 2 aliphatic rings. The van der Waals surface area contributed by atoms with Crippen LogP contribution in [0.15, 0.2) is 18.2 Å². The number of hydrogen-bond acceptors (Lipinski definition) is 2. The largest absolute Gasteiger partial charge is 0.372 e. The van der Waals surface area contributed by atoms with Crippen molar-refractivity contribution in [2.24, 2.45) is 0 Å². The highest BCUT2D eigenvalue weighted by Crippen LogP contribution is 2.33. The summed E-state index contributed by atoms with van der Waals surface area (Å²) in [7, 11) is 0. The van der Waals surface area contributed by atoms with E-state index in [4.69, 9.17) is 4.74 Å². The van der Waals surface area contributed by atoms with Crippen LogP contribution >= 0.6 is 0 Å². The van der Waals surface area contributed by atoms with E-state index in [1.165, 1.54) is 23.1 Å². The fraction of sp³-hybridized carbons (Fsp3) is 0.538. The molecule has 2 nitrogen and oxygen atoms in total. The fourth-order valence-corrected chi connectivity index (χ4v) is 2.52.